The molecule has 29 heavy (non-hydrogen) atoms. The average Bonchev–Trinajstić information content (AvgIpc) is 3.17. The molecular weight excluding hydrogens is 372 g/mol. The molecule has 0 spiro atoms. The summed E-state index contributed by atoms with van der Waals surface area (Å²) in [6, 6.07) is 16.6. The van der Waals surface area contributed by atoms with Gasteiger partial charge in [0.25, 0.3) is 11.6 Å². The Morgan fingerprint density at radius 3 is 2.66 bits per heavy atom. The predicted octanol–water partition coefficient (Wildman–Crippen LogP) is 4.17. The Hall–Kier alpha value is -4.20. The molecule has 144 valence electrons. The largest absolute Gasteiger partial charge is 0.497 e. The molecule has 0 atom stereocenters. The van der Waals surface area contributed by atoms with Crippen molar-refractivity contribution in [3.05, 3.63) is 88.7 Å². The number of nitro benzene ring substituents is 1. The van der Waals surface area contributed by atoms with Gasteiger partial charge >= 0.3 is 0 Å². The van der Waals surface area contributed by atoms with Crippen LogP contribution >= 0.6 is 0 Å². The van der Waals surface area contributed by atoms with Gasteiger partial charge in [0.05, 0.1) is 23.9 Å². The van der Waals surface area contributed by atoms with Crippen molar-refractivity contribution >= 4 is 22.9 Å². The molecule has 0 aliphatic heterocycles. The molecule has 0 saturated heterocycles. The van der Waals surface area contributed by atoms with E-state index in [9.17, 15) is 14.9 Å². The number of non-ortho nitro benzene ring substituents is 1. The third-order valence-corrected chi connectivity index (χ3v) is 4.48. The Morgan fingerprint density at radius 1 is 1.14 bits per heavy atom. The number of imidazole rings is 1. The number of ether oxygens (including phenoxy) is 1. The highest BCUT2D eigenvalue weighted by atomic mass is 16.6. The third-order valence-electron chi connectivity index (χ3n) is 4.48. The van der Waals surface area contributed by atoms with Crippen LogP contribution in [0.2, 0.25) is 0 Å². The number of pyridine rings is 1. The Balaban J connectivity index is 1.55. The number of nitrogens with one attached hydrogen (secondary N) is 1. The number of nitrogens with zero attached hydrogens (tertiary/aromatic N) is 3. The molecule has 2 aromatic carbocycles. The van der Waals surface area contributed by atoms with E-state index in [2.05, 4.69) is 10.3 Å². The molecule has 0 unspecified atom stereocenters. The smallest absolute Gasteiger partial charge is 0.270 e. The fourth-order valence-electron chi connectivity index (χ4n) is 2.99. The minimum atomic E-state index is -0.531. The SMILES string of the molecule is COc1ccn2c(-c3ccc(NC(=O)c4cccc([N+](=O)[O-])c4)cc3)cnc2c1. The molecular formula is C21H16N4O4. The van der Waals surface area contributed by atoms with E-state index in [4.69, 9.17) is 4.74 Å². The summed E-state index contributed by atoms with van der Waals surface area (Å²) in [5, 5.41) is 13.6. The summed E-state index contributed by atoms with van der Waals surface area (Å²) < 4.78 is 7.16. The number of aromatic nitrogens is 2. The van der Waals surface area contributed by atoms with Gasteiger partial charge in [-0.1, -0.05) is 18.2 Å². The predicted molar refractivity (Wildman–Crippen MR) is 108 cm³/mol. The molecule has 0 bridgehead atoms. The van der Waals surface area contributed by atoms with Crippen LogP contribution in [-0.2, 0) is 0 Å². The highest BCUT2D eigenvalue weighted by Gasteiger charge is 2.12. The van der Waals surface area contributed by atoms with Crippen LogP contribution in [-0.4, -0.2) is 27.3 Å². The van der Waals surface area contributed by atoms with E-state index in [1.54, 1.807) is 25.4 Å². The number of carbonyl (C=O) groups is 1. The van der Waals surface area contributed by atoms with Crippen LogP contribution in [0.4, 0.5) is 11.4 Å². The van der Waals surface area contributed by atoms with Gasteiger partial charge < -0.3 is 10.1 Å². The van der Waals surface area contributed by atoms with Crippen molar-refractivity contribution in [3.8, 4) is 17.0 Å². The molecule has 0 aliphatic carbocycles. The number of anilines is 1. The van der Waals surface area contributed by atoms with Crippen LogP contribution in [0.15, 0.2) is 73.1 Å². The molecule has 0 aliphatic rings. The molecule has 1 amide bonds. The first-order valence-corrected chi connectivity index (χ1v) is 8.72. The lowest BCUT2D eigenvalue weighted by Gasteiger charge is -2.07. The Bertz CT molecular complexity index is 1220. The van der Waals surface area contributed by atoms with E-state index in [0.717, 1.165) is 22.7 Å². The first kappa shape index (κ1) is 18.2. The van der Waals surface area contributed by atoms with Gasteiger partial charge in [-0.2, -0.15) is 0 Å². The van der Waals surface area contributed by atoms with Crippen molar-refractivity contribution in [2.75, 3.05) is 12.4 Å². The number of nitro groups is 1. The monoisotopic (exact) mass is 388 g/mol. The van der Waals surface area contributed by atoms with Crippen molar-refractivity contribution in [3.63, 3.8) is 0 Å². The van der Waals surface area contributed by atoms with Crippen molar-refractivity contribution < 1.29 is 14.5 Å². The van der Waals surface area contributed by atoms with E-state index >= 15 is 0 Å². The molecule has 4 rings (SSSR count). The zero-order valence-corrected chi connectivity index (χ0v) is 15.4. The van der Waals surface area contributed by atoms with E-state index in [-0.39, 0.29) is 11.3 Å². The lowest BCUT2D eigenvalue weighted by atomic mass is 10.1. The third kappa shape index (κ3) is 3.63. The molecule has 8 nitrogen and oxygen atoms in total. The zero-order chi connectivity index (χ0) is 20.4. The summed E-state index contributed by atoms with van der Waals surface area (Å²) in [7, 11) is 1.61. The van der Waals surface area contributed by atoms with Crippen LogP contribution in [0.3, 0.4) is 0 Å². The number of carbonyl (C=O) groups excluding carboxylic acids is 1. The second-order valence-corrected chi connectivity index (χ2v) is 6.28. The maximum atomic E-state index is 12.4. The Morgan fingerprint density at radius 2 is 1.93 bits per heavy atom. The summed E-state index contributed by atoms with van der Waals surface area (Å²) in [5.74, 6) is 0.317. The van der Waals surface area contributed by atoms with Gasteiger partial charge in [0.1, 0.15) is 11.4 Å². The summed E-state index contributed by atoms with van der Waals surface area (Å²) in [4.78, 5) is 27.1. The normalized spacial score (nSPS) is 10.7. The zero-order valence-electron chi connectivity index (χ0n) is 15.4. The van der Waals surface area contributed by atoms with Gasteiger partial charge in [-0.25, -0.2) is 4.98 Å². The van der Waals surface area contributed by atoms with Crippen LogP contribution in [0.5, 0.6) is 5.75 Å². The first-order valence-electron chi connectivity index (χ1n) is 8.72. The number of hydrogen-bond donors (Lipinski definition) is 1. The summed E-state index contributed by atoms with van der Waals surface area (Å²) in [6.45, 7) is 0. The Kier molecular flexibility index (Phi) is 4.66. The van der Waals surface area contributed by atoms with E-state index in [0.29, 0.717) is 5.69 Å². The van der Waals surface area contributed by atoms with Gasteiger partial charge in [-0.05, 0) is 24.3 Å². The summed E-state index contributed by atoms with van der Waals surface area (Å²) in [5.41, 5.74) is 3.27. The van der Waals surface area contributed by atoms with Crippen LogP contribution in [0.1, 0.15) is 10.4 Å². The van der Waals surface area contributed by atoms with Crippen LogP contribution < -0.4 is 10.1 Å². The van der Waals surface area contributed by atoms with Crippen LogP contribution in [0.25, 0.3) is 16.9 Å². The first-order chi connectivity index (χ1) is 14.0. The van der Waals surface area contributed by atoms with Crippen molar-refractivity contribution in [2.24, 2.45) is 0 Å². The van der Waals surface area contributed by atoms with Gasteiger partial charge in [0, 0.05) is 41.2 Å². The van der Waals surface area contributed by atoms with Crippen LogP contribution in [0, 0.1) is 10.1 Å². The number of fused-ring (bicyclic) bond motifs is 1. The second kappa shape index (κ2) is 7.43. The molecule has 0 saturated carbocycles. The van der Waals surface area contributed by atoms with Crippen molar-refractivity contribution in [1.29, 1.82) is 0 Å². The fraction of sp³-hybridized carbons (Fsp3) is 0.0476. The minimum absolute atomic E-state index is 0.128. The summed E-state index contributed by atoms with van der Waals surface area (Å²) >= 11 is 0. The minimum Gasteiger partial charge on any atom is -0.497 e. The average molecular weight is 388 g/mol. The van der Waals surface area contributed by atoms with Gasteiger partial charge in [0.2, 0.25) is 0 Å². The number of amides is 1. The molecule has 1 N–H and O–H groups in total. The lowest BCUT2D eigenvalue weighted by molar-refractivity contribution is -0.384. The second-order valence-electron chi connectivity index (χ2n) is 6.28. The molecule has 2 heterocycles. The topological polar surface area (TPSA) is 98.8 Å². The van der Waals surface area contributed by atoms with Gasteiger partial charge in [-0.3, -0.25) is 19.3 Å². The van der Waals surface area contributed by atoms with Crippen molar-refractivity contribution in [1.82, 2.24) is 9.38 Å². The maximum absolute atomic E-state index is 12.4. The highest BCUT2D eigenvalue weighted by molar-refractivity contribution is 6.04. The fourth-order valence-corrected chi connectivity index (χ4v) is 2.99. The molecule has 8 heteroatoms. The Labute approximate surface area is 165 Å². The molecule has 4 aromatic rings. The highest BCUT2D eigenvalue weighted by Crippen LogP contribution is 2.25. The number of hydrogen-bond acceptors (Lipinski definition) is 5. The van der Waals surface area contributed by atoms with Gasteiger partial charge in [0.15, 0.2) is 0 Å². The lowest BCUT2D eigenvalue weighted by Crippen LogP contribution is -2.12. The maximum Gasteiger partial charge on any atom is 0.270 e. The number of methoxy groups -OCH3 is 1. The molecule has 0 radical (unpaired) electrons. The summed E-state index contributed by atoms with van der Waals surface area (Å²) in [6.07, 6.45) is 3.65. The quantitative estimate of drug-likeness (QED) is 0.409. The number of rotatable bonds is 5. The van der Waals surface area contributed by atoms with Crippen molar-refractivity contribution in [2.45, 2.75) is 0 Å². The molecule has 0 fully saturated rings. The molecule has 2 aromatic heterocycles. The van der Waals surface area contributed by atoms with E-state index in [1.807, 2.05) is 34.9 Å². The van der Waals surface area contributed by atoms with Gasteiger partial charge in [-0.15, -0.1) is 0 Å². The van der Waals surface area contributed by atoms with E-state index < -0.39 is 10.8 Å². The number of benzene rings is 2. The standard InChI is InChI=1S/C21H16N4O4/c1-29-18-9-10-24-19(13-22-20(24)12-18)14-5-7-16(8-6-14)23-21(26)15-3-2-4-17(11-15)25(27)28/h2-13H,1H3,(H,23,26). The van der Waals surface area contributed by atoms with E-state index in [1.165, 1.54) is 24.3 Å².